The van der Waals surface area contributed by atoms with Crippen molar-refractivity contribution in [2.75, 3.05) is 6.61 Å². The number of nitrogens with one attached hydrogen (secondary N) is 2. The van der Waals surface area contributed by atoms with Crippen molar-refractivity contribution in [2.24, 2.45) is 0 Å². The van der Waals surface area contributed by atoms with E-state index in [9.17, 15) is 27.9 Å². The summed E-state index contributed by atoms with van der Waals surface area (Å²) in [7, 11) is 0. The predicted octanol–water partition coefficient (Wildman–Crippen LogP) is 2.54. The fourth-order valence-electron chi connectivity index (χ4n) is 3.98. The molecule has 9 heteroatoms. The van der Waals surface area contributed by atoms with Gasteiger partial charge in [0.2, 0.25) is 5.91 Å². The molecule has 4 N–H and O–H groups in total. The molecule has 31 heavy (non-hydrogen) atoms. The van der Waals surface area contributed by atoms with Crippen LogP contribution >= 0.6 is 0 Å². The van der Waals surface area contributed by atoms with Gasteiger partial charge in [-0.05, 0) is 35.6 Å². The molecule has 6 nitrogen and oxygen atoms in total. The SMILES string of the molecule is O=C1NC([C@@H](O)CO)C[C@@H]1c1ccc2cc(-c3ccccc3C(F)(F)F)[nH]c(=O)c2c1. The zero-order valence-corrected chi connectivity index (χ0v) is 16.1. The van der Waals surface area contributed by atoms with Crippen molar-refractivity contribution >= 4 is 16.7 Å². The lowest BCUT2D eigenvalue weighted by molar-refractivity contribution is -0.137. The van der Waals surface area contributed by atoms with E-state index in [1.807, 2.05) is 0 Å². The third kappa shape index (κ3) is 3.94. The molecule has 2 aromatic carbocycles. The molecule has 4 rings (SSSR count). The summed E-state index contributed by atoms with van der Waals surface area (Å²) in [6, 6.07) is 10.6. The number of hydrogen-bond acceptors (Lipinski definition) is 4. The minimum atomic E-state index is -4.57. The highest BCUT2D eigenvalue weighted by Gasteiger charge is 2.37. The van der Waals surface area contributed by atoms with Gasteiger partial charge in [0.1, 0.15) is 0 Å². The maximum Gasteiger partial charge on any atom is 0.417 e. The molecule has 2 heterocycles. The molecule has 1 unspecified atom stereocenters. The second-order valence-corrected chi connectivity index (χ2v) is 7.56. The number of rotatable bonds is 4. The molecule has 0 radical (unpaired) electrons. The summed E-state index contributed by atoms with van der Waals surface area (Å²) in [5.41, 5.74) is -0.960. The van der Waals surface area contributed by atoms with Gasteiger partial charge in [0.15, 0.2) is 0 Å². The number of halogens is 3. The monoisotopic (exact) mass is 432 g/mol. The van der Waals surface area contributed by atoms with E-state index in [0.29, 0.717) is 10.9 Å². The van der Waals surface area contributed by atoms with E-state index in [0.717, 1.165) is 6.07 Å². The Kier molecular flexibility index (Phi) is 5.32. The first-order valence-electron chi connectivity index (χ1n) is 9.62. The van der Waals surface area contributed by atoms with Gasteiger partial charge in [0.25, 0.3) is 5.56 Å². The molecule has 1 fully saturated rings. The van der Waals surface area contributed by atoms with Crippen LogP contribution in [0.4, 0.5) is 13.2 Å². The zero-order chi connectivity index (χ0) is 22.3. The molecule has 1 aromatic heterocycles. The molecule has 3 aromatic rings. The number of hydrogen-bond donors (Lipinski definition) is 4. The highest BCUT2D eigenvalue weighted by atomic mass is 19.4. The molecule has 0 bridgehead atoms. The van der Waals surface area contributed by atoms with E-state index >= 15 is 0 Å². The standard InChI is InChI=1S/C22H19F3N2O4/c23-22(24,25)16-4-2-1-3-13(16)17-8-12-6-5-11(7-14(12)20(30)26-17)15-9-18(19(29)10-28)27-21(15)31/h1-8,15,18-19,28-29H,9-10H2,(H,26,30)(H,27,31)/t15-,18?,19+/m1/s1. The average molecular weight is 432 g/mol. The molecule has 0 aliphatic carbocycles. The number of benzene rings is 2. The van der Waals surface area contributed by atoms with Crippen molar-refractivity contribution in [2.45, 2.75) is 30.7 Å². The van der Waals surface area contributed by atoms with Crippen LogP contribution in [0.3, 0.4) is 0 Å². The summed E-state index contributed by atoms with van der Waals surface area (Å²) >= 11 is 0. The van der Waals surface area contributed by atoms with Crippen LogP contribution in [0.1, 0.15) is 23.5 Å². The topological polar surface area (TPSA) is 102 Å². The summed E-state index contributed by atoms with van der Waals surface area (Å²) in [5, 5.41) is 22.2. The van der Waals surface area contributed by atoms with Gasteiger partial charge < -0.3 is 20.5 Å². The Morgan fingerprint density at radius 1 is 1.10 bits per heavy atom. The van der Waals surface area contributed by atoms with E-state index < -0.39 is 42.0 Å². The number of carbonyl (C=O) groups excluding carboxylic acids is 1. The number of alkyl halides is 3. The Morgan fingerprint density at radius 3 is 2.55 bits per heavy atom. The van der Waals surface area contributed by atoms with Gasteiger partial charge in [-0.2, -0.15) is 13.2 Å². The average Bonchev–Trinajstić information content (AvgIpc) is 3.14. The van der Waals surface area contributed by atoms with Crippen molar-refractivity contribution in [3.63, 3.8) is 0 Å². The van der Waals surface area contributed by atoms with Gasteiger partial charge in [-0.25, -0.2) is 0 Å². The number of H-pyrrole nitrogens is 1. The van der Waals surface area contributed by atoms with Crippen LogP contribution in [0, 0.1) is 0 Å². The molecule has 162 valence electrons. The first-order valence-corrected chi connectivity index (χ1v) is 9.62. The third-order valence-electron chi connectivity index (χ3n) is 5.58. The van der Waals surface area contributed by atoms with Crippen molar-refractivity contribution in [3.05, 3.63) is 70.0 Å². The van der Waals surface area contributed by atoms with E-state index in [2.05, 4.69) is 10.3 Å². The van der Waals surface area contributed by atoms with Crippen molar-refractivity contribution < 1.29 is 28.2 Å². The van der Waals surface area contributed by atoms with E-state index in [-0.39, 0.29) is 29.0 Å². The number of pyridine rings is 1. The van der Waals surface area contributed by atoms with Gasteiger partial charge in [0.05, 0.1) is 30.2 Å². The lowest BCUT2D eigenvalue weighted by Gasteiger charge is -2.15. The lowest BCUT2D eigenvalue weighted by atomic mass is 9.92. The van der Waals surface area contributed by atoms with E-state index in [1.54, 1.807) is 12.1 Å². The first-order chi connectivity index (χ1) is 14.7. The largest absolute Gasteiger partial charge is 0.417 e. The Hall–Kier alpha value is -3.17. The molecule has 1 saturated heterocycles. The van der Waals surface area contributed by atoms with Crippen LogP contribution in [-0.2, 0) is 11.0 Å². The highest BCUT2D eigenvalue weighted by Crippen LogP contribution is 2.37. The highest BCUT2D eigenvalue weighted by molar-refractivity contribution is 5.90. The van der Waals surface area contributed by atoms with Crippen LogP contribution in [0.5, 0.6) is 0 Å². The van der Waals surface area contributed by atoms with Gasteiger partial charge in [-0.3, -0.25) is 9.59 Å². The lowest BCUT2D eigenvalue weighted by Crippen LogP contribution is -2.38. The quantitative estimate of drug-likeness (QED) is 0.509. The summed E-state index contributed by atoms with van der Waals surface area (Å²) in [6.45, 7) is -0.489. The Labute approximate surface area is 174 Å². The fourth-order valence-corrected chi connectivity index (χ4v) is 3.98. The van der Waals surface area contributed by atoms with Crippen molar-refractivity contribution in [1.29, 1.82) is 0 Å². The first kappa shape index (κ1) is 21.1. The maximum atomic E-state index is 13.4. The molecular formula is C22H19F3N2O4. The number of fused-ring (bicyclic) bond motifs is 1. The minimum Gasteiger partial charge on any atom is -0.394 e. The van der Waals surface area contributed by atoms with Crippen LogP contribution < -0.4 is 10.9 Å². The smallest absolute Gasteiger partial charge is 0.394 e. The van der Waals surface area contributed by atoms with E-state index in [4.69, 9.17) is 5.11 Å². The van der Waals surface area contributed by atoms with Crippen molar-refractivity contribution in [3.8, 4) is 11.3 Å². The van der Waals surface area contributed by atoms with Crippen molar-refractivity contribution in [1.82, 2.24) is 10.3 Å². The second-order valence-electron chi connectivity index (χ2n) is 7.56. The molecule has 3 atom stereocenters. The fraction of sp³-hybridized carbons (Fsp3) is 0.273. The minimum absolute atomic E-state index is 0.0444. The predicted molar refractivity (Wildman–Crippen MR) is 107 cm³/mol. The number of aliphatic hydroxyl groups excluding tert-OH is 2. The van der Waals surface area contributed by atoms with Gasteiger partial charge >= 0.3 is 6.18 Å². The van der Waals surface area contributed by atoms with Gasteiger partial charge in [-0.1, -0.05) is 30.3 Å². The second kappa shape index (κ2) is 7.82. The Morgan fingerprint density at radius 2 is 1.84 bits per heavy atom. The van der Waals surface area contributed by atoms with Gasteiger partial charge in [0, 0.05) is 16.6 Å². The molecule has 0 spiro atoms. The van der Waals surface area contributed by atoms with Crippen LogP contribution in [-0.4, -0.2) is 39.9 Å². The number of carbonyl (C=O) groups is 1. The van der Waals surface area contributed by atoms with Crippen LogP contribution in [0.2, 0.25) is 0 Å². The summed E-state index contributed by atoms with van der Waals surface area (Å²) in [5.74, 6) is -0.940. The van der Waals surface area contributed by atoms with Gasteiger partial charge in [-0.15, -0.1) is 0 Å². The van der Waals surface area contributed by atoms with E-state index in [1.165, 1.54) is 30.3 Å². The molecule has 1 amide bonds. The molecule has 1 aliphatic rings. The number of aromatic amines is 1. The molecule has 0 saturated carbocycles. The molecular weight excluding hydrogens is 413 g/mol. The van der Waals surface area contributed by atoms with Crippen LogP contribution in [0.15, 0.2) is 53.3 Å². The van der Waals surface area contributed by atoms with Crippen LogP contribution in [0.25, 0.3) is 22.0 Å². The maximum absolute atomic E-state index is 13.4. The Bertz CT molecular complexity index is 1210. The third-order valence-corrected chi connectivity index (χ3v) is 5.58. The Balaban J connectivity index is 1.74. The number of amides is 1. The summed E-state index contributed by atoms with van der Waals surface area (Å²) in [4.78, 5) is 27.5. The number of aliphatic hydroxyl groups is 2. The molecule has 1 aliphatic heterocycles. The summed E-state index contributed by atoms with van der Waals surface area (Å²) in [6.07, 6.45) is -5.41. The zero-order valence-electron chi connectivity index (χ0n) is 16.1. The number of aromatic nitrogens is 1. The normalized spacial score (nSPS) is 20.1. The summed E-state index contributed by atoms with van der Waals surface area (Å²) < 4.78 is 40.1.